The zero-order valence-corrected chi connectivity index (χ0v) is 12.3. The van der Waals surface area contributed by atoms with Crippen LogP contribution in [0.15, 0.2) is 72.8 Å². The zero-order chi connectivity index (χ0) is 14.4. The van der Waals surface area contributed by atoms with Crippen LogP contribution < -0.4 is 0 Å². The van der Waals surface area contributed by atoms with Crippen molar-refractivity contribution in [3.05, 3.63) is 72.8 Å². The summed E-state index contributed by atoms with van der Waals surface area (Å²) in [6.45, 7) is 16.4. The van der Waals surface area contributed by atoms with Crippen molar-refractivity contribution in [3.8, 4) is 0 Å². The molecule has 0 aromatic heterocycles. The third kappa shape index (κ3) is 1.64. The Labute approximate surface area is 121 Å². The minimum absolute atomic E-state index is 0.373. The maximum atomic E-state index is 4.34. The fourth-order valence-electron chi connectivity index (χ4n) is 3.65. The van der Waals surface area contributed by atoms with Crippen LogP contribution in [-0.2, 0) is 0 Å². The second-order valence-corrected chi connectivity index (χ2v) is 5.95. The first kappa shape index (κ1) is 13.0. The molecule has 1 aliphatic carbocycles. The Morgan fingerprint density at radius 3 is 2.55 bits per heavy atom. The lowest BCUT2D eigenvalue weighted by Crippen LogP contribution is -2.38. The molecule has 0 aromatic rings. The topological polar surface area (TPSA) is 6.48 Å². The Morgan fingerprint density at radius 2 is 1.95 bits per heavy atom. The Bertz CT molecular complexity index is 562. The van der Waals surface area contributed by atoms with Crippen molar-refractivity contribution in [1.82, 2.24) is 9.80 Å². The van der Waals surface area contributed by atoms with E-state index in [1.165, 1.54) is 12.0 Å². The lowest BCUT2D eigenvalue weighted by Gasteiger charge is -2.31. The molecule has 2 saturated heterocycles. The van der Waals surface area contributed by atoms with E-state index in [0.29, 0.717) is 18.1 Å². The second-order valence-electron chi connectivity index (χ2n) is 5.95. The average Bonchev–Trinajstić information content (AvgIpc) is 3.07. The summed E-state index contributed by atoms with van der Waals surface area (Å²) in [5, 5.41) is 0. The van der Waals surface area contributed by atoms with Crippen molar-refractivity contribution in [3.63, 3.8) is 0 Å². The molecular formula is C18H22N2. The molecule has 0 radical (unpaired) electrons. The minimum atomic E-state index is 0.373. The van der Waals surface area contributed by atoms with Gasteiger partial charge in [0, 0.05) is 12.1 Å². The van der Waals surface area contributed by atoms with Gasteiger partial charge in [-0.15, -0.1) is 0 Å². The molecule has 0 amide bonds. The van der Waals surface area contributed by atoms with Crippen LogP contribution in [0.3, 0.4) is 0 Å². The molecule has 0 N–H and O–H groups in total. The van der Waals surface area contributed by atoms with Crippen LogP contribution in [-0.4, -0.2) is 22.0 Å². The van der Waals surface area contributed by atoms with E-state index in [2.05, 4.69) is 61.7 Å². The summed E-state index contributed by atoms with van der Waals surface area (Å²) in [7, 11) is 0. The smallest absolute Gasteiger partial charge is 0.113 e. The molecule has 3 atom stereocenters. The average molecular weight is 266 g/mol. The van der Waals surface area contributed by atoms with Crippen LogP contribution in [0.1, 0.15) is 20.3 Å². The van der Waals surface area contributed by atoms with Crippen molar-refractivity contribution in [2.45, 2.75) is 32.5 Å². The van der Waals surface area contributed by atoms with Crippen molar-refractivity contribution in [1.29, 1.82) is 0 Å². The van der Waals surface area contributed by atoms with Crippen LogP contribution in [0.5, 0.6) is 0 Å². The van der Waals surface area contributed by atoms with E-state index in [-0.39, 0.29) is 0 Å². The lowest BCUT2D eigenvalue weighted by atomic mass is 10.1. The zero-order valence-electron chi connectivity index (χ0n) is 12.3. The Balaban J connectivity index is 2.14. The summed E-state index contributed by atoms with van der Waals surface area (Å²) in [4.78, 5) is 4.82. The highest BCUT2D eigenvalue weighted by Crippen LogP contribution is 2.49. The largest absolute Gasteiger partial charge is 0.343 e. The molecule has 2 heteroatoms. The van der Waals surface area contributed by atoms with Gasteiger partial charge in [-0.1, -0.05) is 49.6 Å². The summed E-state index contributed by atoms with van der Waals surface area (Å²) in [5.74, 6) is 0.584. The first-order valence-corrected chi connectivity index (χ1v) is 7.17. The molecule has 2 heterocycles. The van der Waals surface area contributed by atoms with Gasteiger partial charge < -0.3 is 9.80 Å². The van der Waals surface area contributed by atoms with Gasteiger partial charge >= 0.3 is 0 Å². The number of nitrogens with zero attached hydrogens (tertiary/aromatic N) is 2. The van der Waals surface area contributed by atoms with Gasteiger partial charge in [0.25, 0.3) is 0 Å². The van der Waals surface area contributed by atoms with E-state index >= 15 is 0 Å². The van der Waals surface area contributed by atoms with Gasteiger partial charge in [0.2, 0.25) is 0 Å². The quantitative estimate of drug-likeness (QED) is 0.714. The SMILES string of the molecule is C=CC(C=C)=C1C(=C)N2C3C=CC(C3)C2N1C=C(C)C. The number of allylic oxidation sites excluding steroid dienone is 4. The highest BCUT2D eigenvalue weighted by Gasteiger charge is 2.51. The molecule has 2 aliphatic heterocycles. The summed E-state index contributed by atoms with van der Waals surface area (Å²) in [5.41, 5.74) is 4.59. The summed E-state index contributed by atoms with van der Waals surface area (Å²) < 4.78 is 0. The highest BCUT2D eigenvalue weighted by molar-refractivity contribution is 5.49. The minimum Gasteiger partial charge on any atom is -0.343 e. The van der Waals surface area contributed by atoms with E-state index in [1.807, 2.05) is 12.2 Å². The number of hydrogen-bond donors (Lipinski definition) is 0. The van der Waals surface area contributed by atoms with Gasteiger partial charge in [-0.25, -0.2) is 0 Å². The van der Waals surface area contributed by atoms with Crippen molar-refractivity contribution >= 4 is 0 Å². The van der Waals surface area contributed by atoms with Crippen molar-refractivity contribution in [2.75, 3.05) is 0 Å². The molecule has 20 heavy (non-hydrogen) atoms. The molecule has 3 aliphatic rings. The molecular weight excluding hydrogens is 244 g/mol. The fourth-order valence-corrected chi connectivity index (χ4v) is 3.65. The normalized spacial score (nSPS) is 29.8. The molecule has 3 unspecified atom stereocenters. The number of fused-ring (bicyclic) bond motifs is 5. The lowest BCUT2D eigenvalue weighted by molar-refractivity contribution is 0.197. The first-order valence-electron chi connectivity index (χ1n) is 7.17. The maximum absolute atomic E-state index is 4.34. The Kier molecular flexibility index (Phi) is 2.97. The first-order chi connectivity index (χ1) is 9.58. The summed E-state index contributed by atoms with van der Waals surface area (Å²) >= 11 is 0. The number of rotatable bonds is 3. The predicted octanol–water partition coefficient (Wildman–Crippen LogP) is 3.95. The van der Waals surface area contributed by atoms with Gasteiger partial charge in [0.05, 0.1) is 17.4 Å². The van der Waals surface area contributed by atoms with Gasteiger partial charge in [-0.2, -0.15) is 0 Å². The van der Waals surface area contributed by atoms with Crippen molar-refractivity contribution < 1.29 is 0 Å². The summed E-state index contributed by atoms with van der Waals surface area (Å²) in [6, 6.07) is 0.499. The molecule has 0 aromatic carbocycles. The Morgan fingerprint density at radius 1 is 1.25 bits per heavy atom. The molecule has 3 rings (SSSR count). The van der Waals surface area contributed by atoms with Crippen LogP contribution in [0.2, 0.25) is 0 Å². The third-order valence-electron chi connectivity index (χ3n) is 4.36. The molecule has 2 bridgehead atoms. The van der Waals surface area contributed by atoms with Gasteiger partial charge in [0.1, 0.15) is 6.17 Å². The van der Waals surface area contributed by atoms with E-state index in [1.54, 1.807) is 0 Å². The van der Waals surface area contributed by atoms with E-state index < -0.39 is 0 Å². The standard InChI is InChI=1S/C18H22N2/c1-6-14(7-2)17-13(5)20-16-9-8-15(10-16)18(20)19(17)11-12(3)4/h6-9,11,15-16,18H,1-2,5,10H2,3-4H3. The molecule has 104 valence electrons. The summed E-state index contributed by atoms with van der Waals surface area (Å²) in [6.07, 6.45) is 12.2. The van der Waals surface area contributed by atoms with Crippen LogP contribution in [0.25, 0.3) is 0 Å². The number of hydrogen-bond acceptors (Lipinski definition) is 2. The monoisotopic (exact) mass is 266 g/mol. The molecule has 0 spiro atoms. The van der Waals surface area contributed by atoms with E-state index in [4.69, 9.17) is 0 Å². The van der Waals surface area contributed by atoms with E-state index in [9.17, 15) is 0 Å². The Hall–Kier alpha value is -1.96. The molecule has 0 saturated carbocycles. The van der Waals surface area contributed by atoms with Crippen LogP contribution >= 0.6 is 0 Å². The molecule has 2 nitrogen and oxygen atoms in total. The van der Waals surface area contributed by atoms with Crippen molar-refractivity contribution in [2.24, 2.45) is 5.92 Å². The maximum Gasteiger partial charge on any atom is 0.113 e. The van der Waals surface area contributed by atoms with E-state index in [0.717, 1.165) is 17.0 Å². The van der Waals surface area contributed by atoms with Gasteiger partial charge in [-0.3, -0.25) is 0 Å². The highest BCUT2D eigenvalue weighted by atomic mass is 15.5. The van der Waals surface area contributed by atoms with Crippen LogP contribution in [0, 0.1) is 5.92 Å². The van der Waals surface area contributed by atoms with Crippen LogP contribution in [0.4, 0.5) is 0 Å². The van der Waals surface area contributed by atoms with Gasteiger partial charge in [-0.05, 0) is 25.8 Å². The predicted molar refractivity (Wildman–Crippen MR) is 84.5 cm³/mol. The molecule has 2 fully saturated rings. The fraction of sp³-hybridized carbons (Fsp3) is 0.333. The third-order valence-corrected chi connectivity index (χ3v) is 4.36. The van der Waals surface area contributed by atoms with Gasteiger partial charge in [0.15, 0.2) is 0 Å². The second kappa shape index (κ2) is 4.55.